The van der Waals surface area contributed by atoms with Gasteiger partial charge in [-0.2, -0.15) is 0 Å². The second-order valence-electron chi connectivity index (χ2n) is 9.15. The van der Waals surface area contributed by atoms with Gasteiger partial charge < -0.3 is 14.0 Å². The highest BCUT2D eigenvalue weighted by atomic mass is 32.2. The minimum Gasteiger partial charge on any atom is -0.496 e. The van der Waals surface area contributed by atoms with E-state index < -0.39 is 67.0 Å². The number of hydrogen-bond donors (Lipinski definition) is 2. The number of ether oxygens (including phenoxy) is 2. The number of carbonyl (C=O) groups excluding carboxylic acids is 2. The average molecular weight is 586 g/mol. The molecular formula is C31H33N3O6S. The number of nitrogens with one attached hydrogen (secondary N) is 2. The van der Waals surface area contributed by atoms with E-state index in [1.54, 1.807) is 19.1 Å². The molecule has 0 radical (unpaired) electrons. The van der Waals surface area contributed by atoms with Crippen LogP contribution in [0.3, 0.4) is 0 Å². The Bertz CT molecular complexity index is 2140. The number of sulfonamides is 1. The summed E-state index contributed by atoms with van der Waals surface area (Å²) >= 11 is 0. The Hall–Kier alpha value is -4.31. The third-order valence-corrected chi connectivity index (χ3v) is 7.82. The lowest BCUT2D eigenvalue weighted by Crippen LogP contribution is -2.31. The summed E-state index contributed by atoms with van der Waals surface area (Å²) in [4.78, 5) is 25.7. The van der Waals surface area contributed by atoms with Crippen molar-refractivity contribution >= 4 is 38.6 Å². The maximum Gasteiger partial charge on any atom is 0.411 e. The third-order valence-electron chi connectivity index (χ3n) is 6.33. The molecule has 2 N–H and O–H groups in total. The van der Waals surface area contributed by atoms with Gasteiger partial charge in [0.2, 0.25) is 0 Å². The van der Waals surface area contributed by atoms with Crippen molar-refractivity contribution in [1.29, 1.82) is 0 Å². The second kappa shape index (κ2) is 11.7. The number of fused-ring (bicyclic) bond motifs is 1. The largest absolute Gasteiger partial charge is 0.496 e. The van der Waals surface area contributed by atoms with Gasteiger partial charge in [-0.3, -0.25) is 10.1 Å². The van der Waals surface area contributed by atoms with Crippen molar-refractivity contribution in [2.24, 2.45) is 6.98 Å². The Labute approximate surface area is 253 Å². The van der Waals surface area contributed by atoms with Gasteiger partial charge in [-0.15, -0.1) is 0 Å². The summed E-state index contributed by atoms with van der Waals surface area (Å²) in [6, 6.07) is 13.5. The molecule has 1 fully saturated rings. The highest BCUT2D eigenvalue weighted by Gasteiger charge is 2.22. The molecule has 0 aliphatic heterocycles. The van der Waals surface area contributed by atoms with E-state index in [-0.39, 0.29) is 43.9 Å². The van der Waals surface area contributed by atoms with Gasteiger partial charge >= 0.3 is 6.09 Å². The normalized spacial score (nSPS) is 21.2. The molecule has 0 atom stereocenters. The topological polar surface area (TPSA) is 116 Å². The number of rotatable bonds is 8. The van der Waals surface area contributed by atoms with E-state index in [4.69, 9.17) is 23.2 Å². The molecule has 0 unspecified atom stereocenters. The molecule has 0 bridgehead atoms. The maximum absolute atomic E-state index is 13.1. The summed E-state index contributed by atoms with van der Waals surface area (Å²) in [6.07, 6.45) is -11.1. The fourth-order valence-corrected chi connectivity index (χ4v) is 5.53. The quantitative estimate of drug-likeness (QED) is 0.274. The summed E-state index contributed by atoms with van der Waals surface area (Å²) in [5.41, 5.74) is -0.0427. The highest BCUT2D eigenvalue weighted by molar-refractivity contribution is 7.90. The number of amides is 2. The minimum atomic E-state index is -4.26. The first-order valence-corrected chi connectivity index (χ1v) is 13.9. The molecule has 3 aromatic carbocycles. The van der Waals surface area contributed by atoms with E-state index in [1.807, 2.05) is 4.72 Å². The predicted octanol–water partition coefficient (Wildman–Crippen LogP) is 5.70. The summed E-state index contributed by atoms with van der Waals surface area (Å²) in [5.74, 6) is -1.17. The zero-order chi connectivity index (χ0) is 37.9. The molecule has 5 rings (SSSR count). The van der Waals surface area contributed by atoms with Crippen molar-refractivity contribution in [3.63, 3.8) is 0 Å². The zero-order valence-corrected chi connectivity index (χ0v) is 22.9. The third kappa shape index (κ3) is 6.22. The first-order valence-electron chi connectivity index (χ1n) is 17.4. The second-order valence-corrected chi connectivity index (χ2v) is 10.8. The Kier molecular flexibility index (Phi) is 5.17. The Balaban J connectivity index is 1.48. The summed E-state index contributed by atoms with van der Waals surface area (Å²) in [7, 11) is -3.05. The number of hydrogen-bond acceptors (Lipinski definition) is 6. The molecule has 2 amide bonds. The lowest BCUT2D eigenvalue weighted by atomic mass is 10.0. The lowest BCUT2D eigenvalue weighted by Gasteiger charge is -2.13. The van der Waals surface area contributed by atoms with E-state index in [9.17, 15) is 18.0 Å². The van der Waals surface area contributed by atoms with Gasteiger partial charge in [0, 0.05) is 54.0 Å². The summed E-state index contributed by atoms with van der Waals surface area (Å²) in [6.45, 7) is -1.20. The van der Waals surface area contributed by atoms with Crippen LogP contribution in [0.5, 0.6) is 5.75 Å². The van der Waals surface area contributed by atoms with Crippen LogP contribution in [0.2, 0.25) is 0 Å². The van der Waals surface area contributed by atoms with E-state index in [0.29, 0.717) is 5.56 Å². The van der Waals surface area contributed by atoms with E-state index in [2.05, 4.69) is 5.32 Å². The van der Waals surface area contributed by atoms with Crippen LogP contribution in [0.1, 0.15) is 66.3 Å². The number of methoxy groups -OCH3 is 1. The van der Waals surface area contributed by atoms with Crippen molar-refractivity contribution < 1.29 is 41.2 Å². The highest BCUT2D eigenvalue weighted by Crippen LogP contribution is 2.30. The van der Waals surface area contributed by atoms with Crippen molar-refractivity contribution in [3.8, 4) is 5.75 Å². The predicted molar refractivity (Wildman–Crippen MR) is 157 cm³/mol. The van der Waals surface area contributed by atoms with Gasteiger partial charge in [0.15, 0.2) is 0 Å². The first kappa shape index (κ1) is 18.2. The zero-order valence-electron chi connectivity index (χ0n) is 32.1. The lowest BCUT2D eigenvalue weighted by molar-refractivity contribution is 0.0980. The fourth-order valence-electron chi connectivity index (χ4n) is 4.31. The SMILES string of the molecule is [2H]C1(OC(=O)Nc2ccc3c(c2)c(C([2H])([2H])c2ccc(C(=O)NS(=O)(=O)c4ccccc4C)cc2OC)cn3C([2H])([2H])[2H])CC([2H])([2H])C([2H])([2H])C1. The Morgan fingerprint density at radius 3 is 2.63 bits per heavy atom. The maximum atomic E-state index is 13.1. The van der Waals surface area contributed by atoms with Gasteiger partial charge in [-0.25, -0.2) is 17.9 Å². The number of benzene rings is 3. The van der Waals surface area contributed by atoms with E-state index in [1.165, 1.54) is 49.6 Å². The van der Waals surface area contributed by atoms with E-state index in [0.717, 1.165) is 16.8 Å². The number of aryl methyl sites for hydroxylation is 2. The molecular weight excluding hydrogens is 542 g/mol. The standard InChI is InChI=1S/C31H33N3O6S/c1-20-8-4-7-11-29(20)41(37,38)33-30(35)22-13-12-21(28(17-22)39-3)16-23-19-34(2)27-15-14-24(18-26(23)27)32-31(36)40-25-9-5-6-10-25/h4,7-8,11-15,17-19,25H,5-6,9-10,16H2,1-3H3,(H,32,36)(H,33,35)/i2D3,5D2,6D2,16D2,25D. The molecule has 9 nitrogen and oxygen atoms in total. The van der Waals surface area contributed by atoms with Crippen LogP contribution in [-0.2, 0) is 28.1 Å². The number of carbonyl (C=O) groups is 2. The van der Waals surface area contributed by atoms with Crippen LogP contribution in [0.15, 0.2) is 71.8 Å². The molecule has 1 aliphatic carbocycles. The van der Waals surface area contributed by atoms with E-state index >= 15 is 0 Å². The van der Waals surface area contributed by atoms with Gasteiger partial charge in [0.05, 0.1) is 13.4 Å². The molecule has 4 aromatic rings. The van der Waals surface area contributed by atoms with Crippen LogP contribution in [0, 0.1) is 6.92 Å². The first-order chi connectivity index (χ1) is 23.4. The molecule has 0 saturated heterocycles. The molecule has 1 aromatic heterocycles. The van der Waals surface area contributed by atoms with Crippen molar-refractivity contribution in [1.82, 2.24) is 9.29 Å². The van der Waals surface area contributed by atoms with Crippen molar-refractivity contribution in [2.75, 3.05) is 12.4 Å². The van der Waals surface area contributed by atoms with Gasteiger partial charge in [0.25, 0.3) is 15.9 Å². The fraction of sp³-hybridized carbons (Fsp3) is 0.290. The van der Waals surface area contributed by atoms with Gasteiger partial charge in [0.1, 0.15) is 11.8 Å². The van der Waals surface area contributed by atoms with Crippen LogP contribution in [-0.4, -0.2) is 38.2 Å². The van der Waals surface area contributed by atoms with Gasteiger partial charge in [-0.1, -0.05) is 24.3 Å². The molecule has 1 heterocycles. The number of anilines is 1. The molecule has 0 spiro atoms. The minimum absolute atomic E-state index is 0.00527. The smallest absolute Gasteiger partial charge is 0.411 e. The summed E-state index contributed by atoms with van der Waals surface area (Å²) in [5, 5.41) is 2.41. The molecule has 41 heavy (non-hydrogen) atoms. The Morgan fingerprint density at radius 2 is 1.90 bits per heavy atom. The Morgan fingerprint density at radius 1 is 1.12 bits per heavy atom. The van der Waals surface area contributed by atoms with Crippen LogP contribution in [0.4, 0.5) is 10.5 Å². The van der Waals surface area contributed by atoms with Crippen molar-refractivity contribution in [3.05, 3.63) is 89.1 Å². The van der Waals surface area contributed by atoms with Crippen LogP contribution >= 0.6 is 0 Å². The monoisotopic (exact) mass is 585 g/mol. The molecule has 10 heteroatoms. The number of nitrogens with zero attached hydrogens (tertiary/aromatic N) is 1. The number of aromatic nitrogens is 1. The van der Waals surface area contributed by atoms with Crippen LogP contribution < -0.4 is 14.8 Å². The van der Waals surface area contributed by atoms with Gasteiger partial charge in [-0.05, 0) is 85.6 Å². The summed E-state index contributed by atoms with van der Waals surface area (Å²) < 4.78 is 121. The molecule has 1 saturated carbocycles. The van der Waals surface area contributed by atoms with Crippen LogP contribution in [0.25, 0.3) is 10.9 Å². The average Bonchev–Trinajstić information content (AvgIpc) is 3.47. The van der Waals surface area contributed by atoms with Crippen molar-refractivity contribution in [2.45, 2.75) is 49.9 Å². The molecule has 214 valence electrons. The molecule has 1 aliphatic rings.